The van der Waals surface area contributed by atoms with E-state index >= 15 is 0 Å². The summed E-state index contributed by atoms with van der Waals surface area (Å²) in [5, 5.41) is 2.66. The van der Waals surface area contributed by atoms with E-state index < -0.39 is 59.7 Å². The van der Waals surface area contributed by atoms with Gasteiger partial charge in [-0.1, -0.05) is 74.0 Å². The maximum atomic E-state index is 14.5. The van der Waals surface area contributed by atoms with Gasteiger partial charge in [0.05, 0.1) is 24.7 Å². The Balaban J connectivity index is 1.71. The highest BCUT2D eigenvalue weighted by Crippen LogP contribution is 2.32. The minimum atomic E-state index is -5.18. The number of hydrogen-bond donors (Lipinski definition) is 2. The molecular formula is C33H34ClF3N4O5. The second-order valence-corrected chi connectivity index (χ2v) is 11.9. The van der Waals surface area contributed by atoms with E-state index in [0.717, 1.165) is 5.56 Å². The molecule has 0 saturated carbocycles. The summed E-state index contributed by atoms with van der Waals surface area (Å²) in [4.78, 5) is 58.0. The number of Topliss-reactive ketones (excluding diaryl/α,β-unsaturated/α-hetero) is 1. The highest BCUT2D eigenvalue weighted by Gasteiger charge is 2.48. The van der Waals surface area contributed by atoms with E-state index in [-0.39, 0.29) is 37.3 Å². The number of nitrogens with zero attached hydrogens (tertiary/aromatic N) is 2. The van der Waals surface area contributed by atoms with Gasteiger partial charge in [0.2, 0.25) is 11.8 Å². The topological polar surface area (TPSA) is 132 Å². The van der Waals surface area contributed by atoms with Crippen LogP contribution in [0, 0.1) is 5.92 Å². The van der Waals surface area contributed by atoms with E-state index in [0.29, 0.717) is 10.6 Å². The van der Waals surface area contributed by atoms with Gasteiger partial charge in [-0.3, -0.25) is 24.2 Å². The average molecular weight is 659 g/mol. The Bertz CT molecular complexity index is 1570. The summed E-state index contributed by atoms with van der Waals surface area (Å²) in [7, 11) is 0. The molecule has 13 heteroatoms. The number of carbonyl (C=O) groups is 4. The highest BCUT2D eigenvalue weighted by atomic mass is 35.5. The van der Waals surface area contributed by atoms with E-state index in [1.807, 2.05) is 30.3 Å². The van der Waals surface area contributed by atoms with Crippen LogP contribution in [-0.4, -0.2) is 64.3 Å². The third kappa shape index (κ3) is 8.49. The minimum Gasteiger partial charge on any atom is -0.372 e. The number of pyridine rings is 1. The number of hydrogen-bond acceptors (Lipinski definition) is 6. The van der Waals surface area contributed by atoms with Crippen molar-refractivity contribution in [3.05, 3.63) is 100 Å². The van der Waals surface area contributed by atoms with Crippen molar-refractivity contribution in [1.29, 1.82) is 0 Å². The van der Waals surface area contributed by atoms with Gasteiger partial charge in [-0.2, -0.15) is 13.2 Å². The lowest BCUT2D eigenvalue weighted by Crippen LogP contribution is -2.55. The Morgan fingerprint density at radius 3 is 2.37 bits per heavy atom. The molecule has 1 aliphatic heterocycles. The zero-order valence-electron chi connectivity index (χ0n) is 25.2. The number of nitrogens with one attached hydrogen (secondary N) is 1. The number of carbonyl (C=O) groups excluding carboxylic acids is 4. The fourth-order valence-corrected chi connectivity index (χ4v) is 5.71. The number of likely N-dealkylation sites (tertiary alicyclic amines) is 1. The van der Waals surface area contributed by atoms with Crippen LogP contribution in [-0.2, 0) is 32.1 Å². The molecule has 0 radical (unpaired) electrons. The van der Waals surface area contributed by atoms with Gasteiger partial charge in [0, 0.05) is 24.2 Å². The summed E-state index contributed by atoms with van der Waals surface area (Å²) in [5.41, 5.74) is 7.15. The second kappa shape index (κ2) is 14.9. The predicted molar refractivity (Wildman–Crippen MR) is 164 cm³/mol. The standard InChI is InChI=1S/C33H34ClF3N4O5/c1-19(2)27(29(42)33(35,36)37)40-31(44)26-16-23(46-18-20-8-4-3-5-9-20)17-41(26)32(45)25(15-21-10-6-11-22(34)14-21)24-12-7-13-39-28(24)30(38)43/h3-14,19,23,25-27H,15-18H2,1-2H3,(H2,38,43)(H,40,44)/t23-,25+,26+,27+/m1/s1. The van der Waals surface area contributed by atoms with Crippen LogP contribution in [0.1, 0.15) is 53.4 Å². The molecule has 3 N–H and O–H groups in total. The molecule has 2 heterocycles. The number of ether oxygens (including phenoxy) is 1. The number of benzene rings is 2. The molecule has 0 aliphatic carbocycles. The van der Waals surface area contributed by atoms with Crippen molar-refractivity contribution in [3.63, 3.8) is 0 Å². The maximum Gasteiger partial charge on any atom is 0.452 e. The number of halogens is 4. The Labute approximate surface area is 269 Å². The average Bonchev–Trinajstić information content (AvgIpc) is 3.45. The molecule has 1 saturated heterocycles. The van der Waals surface area contributed by atoms with Crippen molar-refractivity contribution in [2.24, 2.45) is 11.7 Å². The molecule has 46 heavy (non-hydrogen) atoms. The number of nitrogens with two attached hydrogens (primary N) is 1. The lowest BCUT2D eigenvalue weighted by molar-refractivity contribution is -0.175. The lowest BCUT2D eigenvalue weighted by Gasteiger charge is -2.30. The highest BCUT2D eigenvalue weighted by molar-refractivity contribution is 6.30. The van der Waals surface area contributed by atoms with E-state index in [1.165, 1.54) is 37.1 Å². The number of ketones is 1. The maximum absolute atomic E-state index is 14.5. The van der Waals surface area contributed by atoms with Gasteiger partial charge in [0.25, 0.3) is 11.7 Å². The molecule has 244 valence electrons. The van der Waals surface area contributed by atoms with Crippen molar-refractivity contribution in [2.45, 2.75) is 63.6 Å². The zero-order valence-corrected chi connectivity index (χ0v) is 25.9. The molecule has 0 spiro atoms. The van der Waals surface area contributed by atoms with Gasteiger partial charge in [-0.15, -0.1) is 0 Å². The van der Waals surface area contributed by atoms with Gasteiger partial charge >= 0.3 is 6.18 Å². The molecule has 0 bridgehead atoms. The summed E-state index contributed by atoms with van der Waals surface area (Å²) >= 11 is 6.20. The molecule has 3 aromatic rings. The number of rotatable bonds is 12. The molecule has 4 rings (SSSR count). The molecule has 3 amide bonds. The van der Waals surface area contributed by atoms with Crippen LogP contribution in [0.4, 0.5) is 13.2 Å². The van der Waals surface area contributed by atoms with Crippen LogP contribution in [0.2, 0.25) is 5.02 Å². The number of amides is 3. The smallest absolute Gasteiger partial charge is 0.372 e. The van der Waals surface area contributed by atoms with Gasteiger partial charge in [0.15, 0.2) is 0 Å². The molecule has 1 aliphatic rings. The monoisotopic (exact) mass is 658 g/mol. The zero-order chi connectivity index (χ0) is 33.6. The first-order valence-corrected chi connectivity index (χ1v) is 15.0. The molecule has 1 fully saturated rings. The summed E-state index contributed by atoms with van der Waals surface area (Å²) in [6.07, 6.45) is -4.51. The minimum absolute atomic E-state index is 0.0346. The summed E-state index contributed by atoms with van der Waals surface area (Å²) < 4.78 is 46.3. The van der Waals surface area contributed by atoms with Crippen LogP contribution >= 0.6 is 11.6 Å². The predicted octanol–water partition coefficient (Wildman–Crippen LogP) is 4.62. The Morgan fingerprint density at radius 1 is 1.04 bits per heavy atom. The van der Waals surface area contributed by atoms with E-state index in [9.17, 15) is 32.3 Å². The third-order valence-electron chi connectivity index (χ3n) is 7.78. The quantitative estimate of drug-likeness (QED) is 0.292. The molecule has 2 aromatic carbocycles. The van der Waals surface area contributed by atoms with Crippen LogP contribution < -0.4 is 11.1 Å². The molecule has 9 nitrogen and oxygen atoms in total. The number of alkyl halides is 3. The first-order valence-electron chi connectivity index (χ1n) is 14.6. The van der Waals surface area contributed by atoms with Gasteiger partial charge < -0.3 is 20.7 Å². The summed E-state index contributed by atoms with van der Waals surface area (Å²) in [5.74, 6) is -6.48. The number of aromatic nitrogens is 1. The van der Waals surface area contributed by atoms with Crippen molar-refractivity contribution < 1.29 is 37.1 Å². The van der Waals surface area contributed by atoms with E-state index in [2.05, 4.69) is 10.3 Å². The molecular weight excluding hydrogens is 625 g/mol. The van der Waals surface area contributed by atoms with Crippen molar-refractivity contribution in [2.75, 3.05) is 6.54 Å². The first kappa shape index (κ1) is 34.6. The Hall–Kier alpha value is -4.29. The van der Waals surface area contributed by atoms with Gasteiger partial charge in [0.1, 0.15) is 11.7 Å². The molecule has 0 unspecified atom stereocenters. The number of primary amides is 1. The van der Waals surface area contributed by atoms with E-state index in [4.69, 9.17) is 22.1 Å². The summed E-state index contributed by atoms with van der Waals surface area (Å²) in [6.45, 7) is 2.84. The van der Waals surface area contributed by atoms with Crippen molar-refractivity contribution in [3.8, 4) is 0 Å². The van der Waals surface area contributed by atoms with Crippen LogP contribution in [0.5, 0.6) is 0 Å². The van der Waals surface area contributed by atoms with Crippen LogP contribution in [0.25, 0.3) is 0 Å². The largest absolute Gasteiger partial charge is 0.452 e. The Morgan fingerprint density at radius 2 is 1.74 bits per heavy atom. The summed E-state index contributed by atoms with van der Waals surface area (Å²) in [6, 6.07) is 15.8. The SMILES string of the molecule is CC(C)[C@H](NC(=O)[C@@H]1C[C@@H](OCc2ccccc2)CN1C(=O)[C@@H](Cc1cccc(Cl)c1)c1cccnc1C(N)=O)C(=O)C(F)(F)F. The van der Waals surface area contributed by atoms with Gasteiger partial charge in [-0.25, -0.2) is 0 Å². The fourth-order valence-electron chi connectivity index (χ4n) is 5.49. The Kier molecular flexibility index (Phi) is 11.2. The fraction of sp³-hybridized carbons (Fsp3) is 0.364. The molecule has 4 atom stereocenters. The lowest BCUT2D eigenvalue weighted by atomic mass is 9.89. The molecule has 1 aromatic heterocycles. The van der Waals surface area contributed by atoms with Crippen molar-refractivity contribution >= 4 is 35.1 Å². The first-order chi connectivity index (χ1) is 21.8. The second-order valence-electron chi connectivity index (χ2n) is 11.4. The van der Waals surface area contributed by atoms with Crippen molar-refractivity contribution in [1.82, 2.24) is 15.2 Å². The van der Waals surface area contributed by atoms with Crippen LogP contribution in [0.3, 0.4) is 0 Å². The van der Waals surface area contributed by atoms with E-state index in [1.54, 1.807) is 24.3 Å². The normalized spacial score (nSPS) is 17.8. The third-order valence-corrected chi connectivity index (χ3v) is 8.01. The van der Waals surface area contributed by atoms with Gasteiger partial charge in [-0.05, 0) is 47.2 Å². The van der Waals surface area contributed by atoms with Crippen LogP contribution in [0.15, 0.2) is 72.9 Å².